The van der Waals surface area contributed by atoms with E-state index in [0.29, 0.717) is 12.6 Å². The zero-order valence-electron chi connectivity index (χ0n) is 16.5. The Kier molecular flexibility index (Phi) is 5.42. The van der Waals surface area contributed by atoms with Crippen molar-refractivity contribution >= 4 is 21.6 Å². The lowest BCUT2D eigenvalue weighted by molar-refractivity contribution is 0.206. The van der Waals surface area contributed by atoms with Gasteiger partial charge in [-0.3, -0.25) is 19.2 Å². The van der Waals surface area contributed by atoms with Crippen molar-refractivity contribution in [3.8, 4) is 0 Å². The molecule has 3 aromatic rings. The highest BCUT2D eigenvalue weighted by atomic mass is 32.1. The Bertz CT molecular complexity index is 1050. The van der Waals surface area contributed by atoms with Crippen LogP contribution in [0.3, 0.4) is 0 Å². The fourth-order valence-electron chi connectivity index (χ4n) is 4.14. The number of pyridine rings is 1. The number of hydrogen-bond acceptors (Lipinski definition) is 5. The Balaban J connectivity index is 1.65. The molecule has 0 N–H and O–H groups in total. The molecule has 28 heavy (non-hydrogen) atoms. The van der Waals surface area contributed by atoms with Gasteiger partial charge in [-0.05, 0) is 56.0 Å². The number of rotatable bonds is 6. The second kappa shape index (κ2) is 7.97. The van der Waals surface area contributed by atoms with Gasteiger partial charge in [0.2, 0.25) is 0 Å². The van der Waals surface area contributed by atoms with E-state index in [1.54, 1.807) is 34.6 Å². The molecular weight excluding hydrogens is 368 g/mol. The summed E-state index contributed by atoms with van der Waals surface area (Å²) in [5, 5.41) is 0.831. The zero-order valence-corrected chi connectivity index (χ0v) is 17.3. The standard InChI is InChI=1S/C22H26N4OS/c1-4-25(12-15(2)3)17-5-6-18-19(11-17)28-21-20(18)22(27)26(14-24-21)13-16-7-9-23-10-8-16/h7-10,14,17H,2,4-6,11-13H2,1,3H3. The maximum atomic E-state index is 13.2. The quantitative estimate of drug-likeness (QED) is 0.599. The van der Waals surface area contributed by atoms with Gasteiger partial charge in [0.15, 0.2) is 0 Å². The third kappa shape index (κ3) is 3.66. The van der Waals surface area contributed by atoms with Gasteiger partial charge >= 0.3 is 0 Å². The largest absolute Gasteiger partial charge is 0.296 e. The van der Waals surface area contributed by atoms with E-state index >= 15 is 0 Å². The number of fused-ring (bicyclic) bond motifs is 3. The van der Waals surface area contributed by atoms with Crippen LogP contribution in [0.5, 0.6) is 0 Å². The van der Waals surface area contributed by atoms with Crippen molar-refractivity contribution < 1.29 is 0 Å². The Morgan fingerprint density at radius 1 is 1.39 bits per heavy atom. The fraction of sp³-hybridized carbons (Fsp3) is 0.409. The van der Waals surface area contributed by atoms with Crippen LogP contribution in [-0.2, 0) is 19.4 Å². The van der Waals surface area contributed by atoms with Crippen LogP contribution in [0.4, 0.5) is 0 Å². The first-order valence-electron chi connectivity index (χ1n) is 9.83. The second-order valence-corrected chi connectivity index (χ2v) is 8.72. The van der Waals surface area contributed by atoms with Crippen LogP contribution in [0.25, 0.3) is 10.2 Å². The number of thiophene rings is 1. The van der Waals surface area contributed by atoms with Gasteiger partial charge in [0.25, 0.3) is 5.56 Å². The highest BCUT2D eigenvalue weighted by Gasteiger charge is 2.28. The fourth-order valence-corrected chi connectivity index (χ4v) is 5.39. The number of nitrogens with zero attached hydrogens (tertiary/aromatic N) is 4. The molecule has 0 aliphatic heterocycles. The Morgan fingerprint density at radius 3 is 2.89 bits per heavy atom. The summed E-state index contributed by atoms with van der Waals surface area (Å²) in [4.78, 5) is 26.6. The van der Waals surface area contributed by atoms with Crippen molar-refractivity contribution in [2.24, 2.45) is 0 Å². The van der Waals surface area contributed by atoms with Crippen molar-refractivity contribution in [3.05, 3.63) is 69.4 Å². The molecule has 0 saturated carbocycles. The Labute approximate surface area is 169 Å². The van der Waals surface area contributed by atoms with Crippen LogP contribution < -0.4 is 5.56 Å². The van der Waals surface area contributed by atoms with Gasteiger partial charge in [-0.15, -0.1) is 11.3 Å². The van der Waals surface area contributed by atoms with Crippen LogP contribution in [0.2, 0.25) is 0 Å². The lowest BCUT2D eigenvalue weighted by Gasteiger charge is -2.33. The van der Waals surface area contributed by atoms with Crippen molar-refractivity contribution in [2.75, 3.05) is 13.1 Å². The number of aromatic nitrogens is 3. The lowest BCUT2D eigenvalue weighted by Crippen LogP contribution is -2.39. The van der Waals surface area contributed by atoms with E-state index in [-0.39, 0.29) is 5.56 Å². The van der Waals surface area contributed by atoms with E-state index in [1.165, 1.54) is 16.0 Å². The molecular formula is C22H26N4OS. The first kappa shape index (κ1) is 19.0. The molecule has 3 heterocycles. The van der Waals surface area contributed by atoms with Gasteiger partial charge < -0.3 is 0 Å². The normalized spacial score (nSPS) is 16.5. The van der Waals surface area contributed by atoms with Gasteiger partial charge in [0.1, 0.15) is 4.83 Å². The highest BCUT2D eigenvalue weighted by molar-refractivity contribution is 7.18. The average Bonchev–Trinajstić information content (AvgIpc) is 3.07. The summed E-state index contributed by atoms with van der Waals surface area (Å²) in [6.07, 6.45) is 8.22. The summed E-state index contributed by atoms with van der Waals surface area (Å²) >= 11 is 1.70. The predicted molar refractivity (Wildman–Crippen MR) is 115 cm³/mol. The van der Waals surface area contributed by atoms with E-state index in [1.807, 2.05) is 12.1 Å². The SMILES string of the molecule is C=C(C)CN(CC)C1CCc2c(sc3ncn(Cc4ccncc4)c(=O)c23)C1. The average molecular weight is 395 g/mol. The molecule has 1 atom stereocenters. The van der Waals surface area contributed by atoms with E-state index < -0.39 is 0 Å². The van der Waals surface area contributed by atoms with Crippen LogP contribution in [-0.4, -0.2) is 38.6 Å². The number of aryl methyl sites for hydroxylation is 1. The van der Waals surface area contributed by atoms with Crippen LogP contribution in [0.1, 0.15) is 36.3 Å². The van der Waals surface area contributed by atoms with Crippen LogP contribution in [0.15, 0.2) is 47.8 Å². The minimum absolute atomic E-state index is 0.0760. The smallest absolute Gasteiger partial charge is 0.262 e. The van der Waals surface area contributed by atoms with Gasteiger partial charge in [0, 0.05) is 29.9 Å². The highest BCUT2D eigenvalue weighted by Crippen LogP contribution is 2.35. The van der Waals surface area contributed by atoms with E-state index in [0.717, 1.165) is 48.1 Å². The molecule has 1 aliphatic rings. The molecule has 4 rings (SSSR count). The molecule has 3 aromatic heterocycles. The van der Waals surface area contributed by atoms with Crippen molar-refractivity contribution in [2.45, 2.75) is 45.7 Å². The van der Waals surface area contributed by atoms with Crippen molar-refractivity contribution in [1.82, 2.24) is 19.4 Å². The maximum Gasteiger partial charge on any atom is 0.262 e. The summed E-state index contributed by atoms with van der Waals surface area (Å²) in [6, 6.07) is 4.39. The van der Waals surface area contributed by atoms with Gasteiger partial charge in [-0.1, -0.05) is 19.1 Å². The number of hydrogen-bond donors (Lipinski definition) is 0. The molecule has 0 amide bonds. The Morgan fingerprint density at radius 2 is 2.18 bits per heavy atom. The minimum Gasteiger partial charge on any atom is -0.296 e. The molecule has 0 aromatic carbocycles. The summed E-state index contributed by atoms with van der Waals surface area (Å²) in [6.45, 7) is 10.9. The van der Waals surface area contributed by atoms with E-state index in [2.05, 4.69) is 35.3 Å². The van der Waals surface area contributed by atoms with Gasteiger partial charge in [0.05, 0.1) is 18.3 Å². The molecule has 6 heteroatoms. The molecule has 146 valence electrons. The zero-order chi connectivity index (χ0) is 19.7. The summed E-state index contributed by atoms with van der Waals surface area (Å²) < 4.78 is 1.72. The molecule has 0 spiro atoms. The number of likely N-dealkylation sites (N-methyl/N-ethyl adjacent to an activating group) is 1. The second-order valence-electron chi connectivity index (χ2n) is 7.63. The summed E-state index contributed by atoms with van der Waals surface area (Å²) in [7, 11) is 0. The molecule has 0 radical (unpaired) electrons. The molecule has 5 nitrogen and oxygen atoms in total. The maximum absolute atomic E-state index is 13.2. The minimum atomic E-state index is 0.0760. The molecule has 0 saturated heterocycles. The van der Waals surface area contributed by atoms with Crippen molar-refractivity contribution in [3.63, 3.8) is 0 Å². The molecule has 1 unspecified atom stereocenters. The Hall–Kier alpha value is -2.31. The predicted octanol–water partition coefficient (Wildman–Crippen LogP) is 3.66. The summed E-state index contributed by atoms with van der Waals surface area (Å²) in [5.74, 6) is 0. The van der Waals surface area contributed by atoms with E-state index in [4.69, 9.17) is 0 Å². The topological polar surface area (TPSA) is 51.0 Å². The first-order chi connectivity index (χ1) is 13.6. The molecule has 0 fully saturated rings. The monoisotopic (exact) mass is 394 g/mol. The van der Waals surface area contributed by atoms with E-state index in [9.17, 15) is 4.79 Å². The first-order valence-corrected chi connectivity index (χ1v) is 10.7. The summed E-state index contributed by atoms with van der Waals surface area (Å²) in [5.41, 5.74) is 3.56. The molecule has 0 bridgehead atoms. The third-order valence-corrected chi connectivity index (χ3v) is 6.67. The van der Waals surface area contributed by atoms with Gasteiger partial charge in [-0.2, -0.15) is 0 Å². The third-order valence-electron chi connectivity index (χ3n) is 5.51. The van der Waals surface area contributed by atoms with Crippen LogP contribution >= 0.6 is 11.3 Å². The van der Waals surface area contributed by atoms with Crippen molar-refractivity contribution in [1.29, 1.82) is 0 Å². The molecule has 1 aliphatic carbocycles. The van der Waals surface area contributed by atoms with Crippen LogP contribution in [0, 0.1) is 0 Å². The lowest BCUT2D eigenvalue weighted by atomic mass is 9.92. The van der Waals surface area contributed by atoms with Gasteiger partial charge in [-0.25, -0.2) is 4.98 Å².